The van der Waals surface area contributed by atoms with Crippen molar-refractivity contribution in [3.63, 3.8) is 0 Å². The fraction of sp³-hybridized carbons (Fsp3) is 0.364. The summed E-state index contributed by atoms with van der Waals surface area (Å²) in [4.78, 5) is 19.7. The third-order valence-corrected chi connectivity index (χ3v) is 3.86. The molecule has 5 nitrogen and oxygen atoms in total. The van der Waals surface area contributed by atoms with E-state index in [0.717, 1.165) is 19.0 Å². The second kappa shape index (κ2) is 4.16. The van der Waals surface area contributed by atoms with Crippen LogP contribution in [0.4, 0.5) is 15.3 Å². The van der Waals surface area contributed by atoms with Crippen LogP contribution in [0.25, 0.3) is 10.2 Å². The van der Waals surface area contributed by atoms with E-state index in [2.05, 4.69) is 20.6 Å². The number of anilines is 2. The topological polar surface area (TPSA) is 66.9 Å². The highest BCUT2D eigenvalue weighted by Gasteiger charge is 2.30. The maximum atomic E-state index is 13.6. The molecule has 1 aliphatic rings. The van der Waals surface area contributed by atoms with E-state index < -0.39 is 5.82 Å². The summed E-state index contributed by atoms with van der Waals surface area (Å²) in [6.07, 6.45) is 2.92. The molecular formula is C11H11FN4OS. The molecule has 2 aromatic heterocycles. The van der Waals surface area contributed by atoms with Crippen LogP contribution in [-0.2, 0) is 4.79 Å². The van der Waals surface area contributed by atoms with Crippen LogP contribution in [0.2, 0.25) is 0 Å². The number of aromatic nitrogens is 2. The number of fused-ring (bicyclic) bond motifs is 1. The molecule has 94 valence electrons. The molecule has 2 heterocycles. The minimum atomic E-state index is -0.479. The molecule has 1 saturated carbocycles. The van der Waals surface area contributed by atoms with Crippen molar-refractivity contribution in [3.05, 3.63) is 12.0 Å². The average molecular weight is 266 g/mol. The van der Waals surface area contributed by atoms with Gasteiger partial charge >= 0.3 is 0 Å². The largest absolute Gasteiger partial charge is 0.365 e. The quantitative estimate of drug-likeness (QED) is 0.894. The zero-order valence-corrected chi connectivity index (χ0v) is 10.5. The number of halogens is 1. The van der Waals surface area contributed by atoms with Crippen LogP contribution in [0.3, 0.4) is 0 Å². The second-order valence-corrected chi connectivity index (χ2v) is 5.16. The van der Waals surface area contributed by atoms with E-state index >= 15 is 0 Å². The molecule has 1 amide bonds. The Morgan fingerprint density at radius 2 is 2.33 bits per heavy atom. The van der Waals surface area contributed by atoms with Gasteiger partial charge in [-0.3, -0.25) is 4.79 Å². The van der Waals surface area contributed by atoms with Gasteiger partial charge in [-0.1, -0.05) is 11.3 Å². The third kappa shape index (κ3) is 1.90. The lowest BCUT2D eigenvalue weighted by Crippen LogP contribution is -2.14. The first-order chi connectivity index (χ1) is 8.69. The first kappa shape index (κ1) is 11.3. The Balaban J connectivity index is 2.02. The monoisotopic (exact) mass is 266 g/mol. The summed E-state index contributed by atoms with van der Waals surface area (Å²) in [6, 6.07) is 0. The molecule has 0 aromatic carbocycles. The van der Waals surface area contributed by atoms with Crippen LogP contribution < -0.4 is 10.6 Å². The van der Waals surface area contributed by atoms with Gasteiger partial charge in [0.1, 0.15) is 10.2 Å². The number of thiazole rings is 1. The summed E-state index contributed by atoms with van der Waals surface area (Å²) in [7, 11) is 1.71. The molecule has 0 spiro atoms. The summed E-state index contributed by atoms with van der Waals surface area (Å²) in [5.74, 6) is -0.0483. The van der Waals surface area contributed by atoms with Crippen LogP contribution in [0.15, 0.2) is 6.20 Å². The summed E-state index contributed by atoms with van der Waals surface area (Å²) in [5, 5.41) is 6.19. The van der Waals surface area contributed by atoms with Crippen LogP contribution in [-0.4, -0.2) is 22.9 Å². The minimum Gasteiger partial charge on any atom is -0.365 e. The maximum Gasteiger partial charge on any atom is 0.228 e. The zero-order chi connectivity index (χ0) is 12.7. The highest BCUT2D eigenvalue weighted by atomic mass is 32.1. The number of hydrogen-bond donors (Lipinski definition) is 2. The smallest absolute Gasteiger partial charge is 0.228 e. The Labute approximate surface area is 106 Å². The zero-order valence-electron chi connectivity index (χ0n) is 9.66. The lowest BCUT2D eigenvalue weighted by atomic mass is 10.3. The Morgan fingerprint density at radius 1 is 1.56 bits per heavy atom. The first-order valence-electron chi connectivity index (χ1n) is 5.62. The predicted octanol–water partition coefficient (Wildman–Crippen LogP) is 2.22. The van der Waals surface area contributed by atoms with Crippen molar-refractivity contribution in [2.24, 2.45) is 5.92 Å². The van der Waals surface area contributed by atoms with Gasteiger partial charge in [0.25, 0.3) is 0 Å². The first-order valence-corrected chi connectivity index (χ1v) is 6.44. The van der Waals surface area contributed by atoms with Gasteiger partial charge in [-0.15, -0.1) is 0 Å². The lowest BCUT2D eigenvalue weighted by Gasteiger charge is -2.03. The number of nitrogens with zero attached hydrogens (tertiary/aromatic N) is 2. The Kier molecular flexibility index (Phi) is 2.62. The van der Waals surface area contributed by atoms with Gasteiger partial charge in [-0.25, -0.2) is 14.4 Å². The fourth-order valence-corrected chi connectivity index (χ4v) is 2.52. The van der Waals surface area contributed by atoms with Gasteiger partial charge in [-0.2, -0.15) is 0 Å². The van der Waals surface area contributed by atoms with Gasteiger partial charge < -0.3 is 10.6 Å². The fourth-order valence-electron chi connectivity index (χ4n) is 1.64. The predicted molar refractivity (Wildman–Crippen MR) is 68.3 cm³/mol. The summed E-state index contributed by atoms with van der Waals surface area (Å²) >= 11 is 1.27. The van der Waals surface area contributed by atoms with E-state index in [9.17, 15) is 9.18 Å². The molecule has 2 N–H and O–H groups in total. The van der Waals surface area contributed by atoms with E-state index in [0.29, 0.717) is 15.6 Å². The number of amides is 1. The molecule has 0 aliphatic heterocycles. The SMILES string of the molecule is CNc1nc2c(F)cnc(NC(=O)C3CC3)c2s1. The number of rotatable bonds is 3. The van der Waals surface area contributed by atoms with Gasteiger partial charge in [0.15, 0.2) is 16.8 Å². The van der Waals surface area contributed by atoms with Crippen molar-refractivity contribution in [1.82, 2.24) is 9.97 Å². The van der Waals surface area contributed by atoms with Crippen LogP contribution >= 0.6 is 11.3 Å². The Morgan fingerprint density at radius 3 is 3.00 bits per heavy atom. The molecule has 7 heteroatoms. The van der Waals surface area contributed by atoms with Crippen molar-refractivity contribution in [2.45, 2.75) is 12.8 Å². The van der Waals surface area contributed by atoms with E-state index in [1.165, 1.54) is 11.3 Å². The highest BCUT2D eigenvalue weighted by molar-refractivity contribution is 7.22. The normalized spacial score (nSPS) is 14.8. The molecule has 18 heavy (non-hydrogen) atoms. The van der Waals surface area contributed by atoms with Gasteiger partial charge in [0.2, 0.25) is 5.91 Å². The molecule has 0 saturated heterocycles. The molecule has 0 unspecified atom stereocenters. The van der Waals surface area contributed by atoms with E-state index in [-0.39, 0.29) is 17.3 Å². The molecule has 0 radical (unpaired) electrons. The third-order valence-electron chi connectivity index (χ3n) is 2.78. The molecule has 2 aromatic rings. The number of nitrogens with one attached hydrogen (secondary N) is 2. The molecule has 3 rings (SSSR count). The van der Waals surface area contributed by atoms with Gasteiger partial charge in [0, 0.05) is 13.0 Å². The number of carbonyl (C=O) groups excluding carboxylic acids is 1. The molecule has 0 atom stereocenters. The maximum absolute atomic E-state index is 13.6. The van der Waals surface area contributed by atoms with Gasteiger partial charge in [0.05, 0.1) is 6.20 Å². The minimum absolute atomic E-state index is 0.0465. The van der Waals surface area contributed by atoms with Crippen LogP contribution in [0, 0.1) is 11.7 Å². The number of carbonyl (C=O) groups is 1. The van der Waals surface area contributed by atoms with Crippen LogP contribution in [0.5, 0.6) is 0 Å². The number of hydrogen-bond acceptors (Lipinski definition) is 5. The van der Waals surface area contributed by atoms with Crippen molar-refractivity contribution in [2.75, 3.05) is 17.7 Å². The molecule has 1 aliphatic carbocycles. The van der Waals surface area contributed by atoms with E-state index in [1.54, 1.807) is 7.05 Å². The van der Waals surface area contributed by atoms with E-state index in [4.69, 9.17) is 0 Å². The molecule has 0 bridgehead atoms. The lowest BCUT2D eigenvalue weighted by molar-refractivity contribution is -0.117. The average Bonchev–Trinajstić information content (AvgIpc) is 3.12. The highest BCUT2D eigenvalue weighted by Crippen LogP contribution is 2.34. The summed E-state index contributed by atoms with van der Waals surface area (Å²) < 4.78 is 14.1. The Hall–Kier alpha value is -1.76. The molecule has 1 fully saturated rings. The van der Waals surface area contributed by atoms with E-state index in [1.807, 2.05) is 0 Å². The number of pyridine rings is 1. The summed E-state index contributed by atoms with van der Waals surface area (Å²) in [5.41, 5.74) is 0.241. The standard InChI is InChI=1S/C11H11FN4OS/c1-13-11-15-7-6(12)4-14-9(8(7)18-11)16-10(17)5-2-3-5/h4-5H,2-3H2,1H3,(H,13,15)(H,14,16,17). The van der Waals surface area contributed by atoms with Crippen molar-refractivity contribution in [3.8, 4) is 0 Å². The van der Waals surface area contributed by atoms with Gasteiger partial charge in [-0.05, 0) is 12.8 Å². The van der Waals surface area contributed by atoms with Crippen molar-refractivity contribution < 1.29 is 9.18 Å². The van der Waals surface area contributed by atoms with Crippen molar-refractivity contribution in [1.29, 1.82) is 0 Å². The Bertz CT molecular complexity index is 623. The second-order valence-electron chi connectivity index (χ2n) is 4.17. The summed E-state index contributed by atoms with van der Waals surface area (Å²) in [6.45, 7) is 0. The van der Waals surface area contributed by atoms with Crippen LogP contribution in [0.1, 0.15) is 12.8 Å². The molecular weight excluding hydrogens is 255 g/mol. The van der Waals surface area contributed by atoms with Crippen molar-refractivity contribution >= 4 is 38.4 Å².